The lowest BCUT2D eigenvalue weighted by atomic mass is 10.1. The molecule has 1 N–H and O–H groups in total. The third kappa shape index (κ3) is 2.52. The summed E-state index contributed by atoms with van der Waals surface area (Å²) in [6, 6.07) is 9.14. The molecule has 0 unspecified atom stereocenters. The molecule has 7 nitrogen and oxygen atoms in total. The highest BCUT2D eigenvalue weighted by molar-refractivity contribution is 5.98. The predicted molar refractivity (Wildman–Crippen MR) is 78.8 cm³/mol. The van der Waals surface area contributed by atoms with E-state index >= 15 is 0 Å². The average Bonchev–Trinajstić information content (AvgIpc) is 2.94. The van der Waals surface area contributed by atoms with Crippen LogP contribution in [0.2, 0.25) is 0 Å². The van der Waals surface area contributed by atoms with Crippen molar-refractivity contribution in [2.45, 2.75) is 13.0 Å². The smallest absolute Gasteiger partial charge is 0.323 e. The fourth-order valence-electron chi connectivity index (χ4n) is 2.46. The first-order valence-corrected chi connectivity index (χ1v) is 6.83. The molecule has 1 aliphatic rings. The third-order valence-electron chi connectivity index (χ3n) is 3.55. The number of fused-ring (bicyclic) bond motifs is 1. The molecule has 22 heavy (non-hydrogen) atoms. The number of aromatic nitrogens is 2. The molecule has 1 aromatic heterocycles. The number of methoxy groups -OCH3 is 1. The highest BCUT2D eigenvalue weighted by Crippen LogP contribution is 2.28. The lowest BCUT2D eigenvalue weighted by Crippen LogP contribution is -2.40. The first-order chi connectivity index (χ1) is 10.6. The summed E-state index contributed by atoms with van der Waals surface area (Å²) in [5.41, 5.74) is 1.58. The second-order valence-corrected chi connectivity index (χ2v) is 4.96. The van der Waals surface area contributed by atoms with Crippen LogP contribution in [0.1, 0.15) is 6.42 Å². The molecule has 0 spiro atoms. The van der Waals surface area contributed by atoms with Crippen molar-refractivity contribution in [3.05, 3.63) is 30.3 Å². The molecule has 0 bridgehead atoms. The van der Waals surface area contributed by atoms with E-state index in [0.717, 1.165) is 11.3 Å². The van der Waals surface area contributed by atoms with Crippen LogP contribution in [0.25, 0.3) is 11.3 Å². The normalized spacial score (nSPS) is 13.9. The van der Waals surface area contributed by atoms with Gasteiger partial charge in [0.25, 0.3) is 0 Å². The molecule has 1 aliphatic heterocycles. The maximum absolute atomic E-state index is 11.9. The number of carboxylic acids is 1. The fourth-order valence-corrected chi connectivity index (χ4v) is 2.46. The van der Waals surface area contributed by atoms with Crippen molar-refractivity contribution >= 4 is 17.7 Å². The minimum absolute atomic E-state index is 0.198. The lowest BCUT2D eigenvalue weighted by molar-refractivity contribution is -0.136. The van der Waals surface area contributed by atoms with E-state index in [0.29, 0.717) is 18.1 Å². The number of carboxylic acid groups (broad SMARTS) is 1. The number of anilines is 1. The zero-order valence-electron chi connectivity index (χ0n) is 12.0. The maximum atomic E-state index is 11.9. The average molecular weight is 301 g/mol. The van der Waals surface area contributed by atoms with Crippen LogP contribution in [-0.4, -0.2) is 40.4 Å². The molecule has 2 aromatic rings. The topological polar surface area (TPSA) is 84.7 Å². The van der Waals surface area contributed by atoms with E-state index in [1.54, 1.807) is 17.9 Å². The number of aryl methyl sites for hydroxylation is 1. The van der Waals surface area contributed by atoms with Crippen LogP contribution in [0.4, 0.5) is 5.82 Å². The van der Waals surface area contributed by atoms with Gasteiger partial charge in [-0.25, -0.2) is 4.68 Å². The molecule has 0 fully saturated rings. The predicted octanol–water partition coefficient (Wildman–Crippen LogP) is 1.38. The standard InChI is InChI=1S/C15H15N3O4/c1-22-11-4-2-10(3-5-11)12-8-13-17(9-15(20)21)14(19)6-7-18(13)16-12/h2-5,8H,6-7,9H2,1H3,(H,20,21). The zero-order valence-corrected chi connectivity index (χ0v) is 12.0. The third-order valence-corrected chi connectivity index (χ3v) is 3.55. The number of carbonyl (C=O) groups excluding carboxylic acids is 1. The Morgan fingerprint density at radius 1 is 1.36 bits per heavy atom. The van der Waals surface area contributed by atoms with Crippen molar-refractivity contribution in [2.75, 3.05) is 18.6 Å². The number of nitrogens with zero attached hydrogens (tertiary/aromatic N) is 3. The number of amides is 1. The minimum Gasteiger partial charge on any atom is -0.497 e. The molecule has 7 heteroatoms. The van der Waals surface area contributed by atoms with Gasteiger partial charge in [0.05, 0.1) is 19.3 Å². The van der Waals surface area contributed by atoms with Gasteiger partial charge in [-0.05, 0) is 24.3 Å². The molecule has 0 radical (unpaired) electrons. The molecule has 2 heterocycles. The van der Waals surface area contributed by atoms with Gasteiger partial charge in [-0.1, -0.05) is 0 Å². The SMILES string of the molecule is COc1ccc(-c2cc3n(n2)CCC(=O)N3CC(=O)O)cc1. The summed E-state index contributed by atoms with van der Waals surface area (Å²) >= 11 is 0. The van der Waals surface area contributed by atoms with E-state index in [4.69, 9.17) is 9.84 Å². The van der Waals surface area contributed by atoms with E-state index in [2.05, 4.69) is 5.10 Å². The van der Waals surface area contributed by atoms with Gasteiger partial charge < -0.3 is 9.84 Å². The van der Waals surface area contributed by atoms with Gasteiger partial charge in [0.2, 0.25) is 5.91 Å². The molecule has 0 atom stereocenters. The number of aliphatic carboxylic acids is 1. The van der Waals surface area contributed by atoms with Gasteiger partial charge in [0, 0.05) is 18.1 Å². The van der Waals surface area contributed by atoms with Crippen LogP contribution in [-0.2, 0) is 16.1 Å². The highest BCUT2D eigenvalue weighted by Gasteiger charge is 2.27. The Bertz CT molecular complexity index is 721. The van der Waals surface area contributed by atoms with Crippen molar-refractivity contribution in [3.63, 3.8) is 0 Å². The Hall–Kier alpha value is -2.83. The minimum atomic E-state index is -1.05. The van der Waals surface area contributed by atoms with Crippen LogP contribution < -0.4 is 9.64 Å². The number of benzene rings is 1. The fraction of sp³-hybridized carbons (Fsp3) is 0.267. The largest absolute Gasteiger partial charge is 0.497 e. The number of hydrogen-bond donors (Lipinski definition) is 1. The van der Waals surface area contributed by atoms with Gasteiger partial charge in [-0.2, -0.15) is 5.10 Å². The summed E-state index contributed by atoms with van der Waals surface area (Å²) in [6.45, 7) is 0.104. The van der Waals surface area contributed by atoms with E-state index in [1.165, 1.54) is 4.90 Å². The molecule has 3 rings (SSSR count). The Kier molecular flexibility index (Phi) is 3.54. The Morgan fingerprint density at radius 2 is 2.09 bits per heavy atom. The molecule has 114 valence electrons. The first-order valence-electron chi connectivity index (χ1n) is 6.83. The lowest BCUT2D eigenvalue weighted by Gasteiger charge is -2.25. The second-order valence-electron chi connectivity index (χ2n) is 4.96. The molecule has 0 aliphatic carbocycles. The van der Waals surface area contributed by atoms with Crippen molar-refractivity contribution < 1.29 is 19.4 Å². The van der Waals surface area contributed by atoms with Crippen molar-refractivity contribution in [1.82, 2.24) is 9.78 Å². The van der Waals surface area contributed by atoms with Gasteiger partial charge in [0.15, 0.2) is 0 Å². The Morgan fingerprint density at radius 3 is 2.73 bits per heavy atom. The Balaban J connectivity index is 1.96. The number of ether oxygens (including phenoxy) is 1. The highest BCUT2D eigenvalue weighted by atomic mass is 16.5. The van der Waals surface area contributed by atoms with E-state index in [1.807, 2.05) is 24.3 Å². The van der Waals surface area contributed by atoms with Crippen LogP contribution in [0.3, 0.4) is 0 Å². The molecular weight excluding hydrogens is 286 g/mol. The van der Waals surface area contributed by atoms with E-state index in [-0.39, 0.29) is 18.9 Å². The summed E-state index contributed by atoms with van der Waals surface area (Å²) in [5.74, 6) is 0.0185. The maximum Gasteiger partial charge on any atom is 0.323 e. The summed E-state index contributed by atoms with van der Waals surface area (Å²) in [4.78, 5) is 24.1. The van der Waals surface area contributed by atoms with Crippen LogP contribution in [0, 0.1) is 0 Å². The molecule has 1 aromatic carbocycles. The van der Waals surface area contributed by atoms with E-state index in [9.17, 15) is 9.59 Å². The summed E-state index contributed by atoms with van der Waals surface area (Å²) in [5, 5.41) is 13.4. The first kappa shape index (κ1) is 14.1. The number of hydrogen-bond acceptors (Lipinski definition) is 4. The number of carbonyl (C=O) groups is 2. The summed E-state index contributed by atoms with van der Waals surface area (Å²) in [7, 11) is 1.60. The van der Waals surface area contributed by atoms with Crippen LogP contribution >= 0.6 is 0 Å². The van der Waals surface area contributed by atoms with Gasteiger partial charge in [-0.15, -0.1) is 0 Å². The molecule has 1 amide bonds. The molecule has 0 saturated heterocycles. The summed E-state index contributed by atoms with van der Waals surface area (Å²) < 4.78 is 6.79. The van der Waals surface area contributed by atoms with Crippen LogP contribution in [0.15, 0.2) is 30.3 Å². The molecule has 0 saturated carbocycles. The number of rotatable bonds is 4. The zero-order chi connectivity index (χ0) is 15.7. The van der Waals surface area contributed by atoms with Gasteiger partial charge in [0.1, 0.15) is 18.1 Å². The van der Waals surface area contributed by atoms with Crippen LogP contribution in [0.5, 0.6) is 5.75 Å². The second kappa shape index (κ2) is 5.51. The van der Waals surface area contributed by atoms with E-state index < -0.39 is 5.97 Å². The Labute approximate surface area is 126 Å². The van der Waals surface area contributed by atoms with Gasteiger partial charge in [-0.3, -0.25) is 14.5 Å². The van der Waals surface area contributed by atoms with Crippen molar-refractivity contribution in [1.29, 1.82) is 0 Å². The molecular formula is C15H15N3O4. The van der Waals surface area contributed by atoms with Crippen molar-refractivity contribution in [3.8, 4) is 17.0 Å². The quantitative estimate of drug-likeness (QED) is 0.922. The monoisotopic (exact) mass is 301 g/mol. The van der Waals surface area contributed by atoms with Gasteiger partial charge >= 0.3 is 5.97 Å². The van der Waals surface area contributed by atoms with Crippen molar-refractivity contribution in [2.24, 2.45) is 0 Å². The summed E-state index contributed by atoms with van der Waals surface area (Å²) in [6.07, 6.45) is 0.254.